The van der Waals surface area contributed by atoms with Crippen molar-refractivity contribution in [3.63, 3.8) is 0 Å². The predicted octanol–water partition coefficient (Wildman–Crippen LogP) is 7.63. The molecule has 3 rings (SSSR count). The second-order valence-corrected chi connectivity index (χ2v) is 11.5. The first kappa shape index (κ1) is 28.2. The van der Waals surface area contributed by atoms with E-state index in [1.807, 2.05) is 23.9 Å². The average molecular weight is 522 g/mol. The molecule has 36 heavy (non-hydrogen) atoms. The van der Waals surface area contributed by atoms with E-state index in [2.05, 4.69) is 77.7 Å². The number of nitrogens with one attached hydrogen (secondary N) is 1. The summed E-state index contributed by atoms with van der Waals surface area (Å²) in [7, 11) is 0. The second-order valence-electron chi connectivity index (χ2n) is 9.11. The fourth-order valence-electron chi connectivity index (χ4n) is 3.99. The number of carbonyl (C=O) groups is 1. The van der Waals surface area contributed by atoms with Crippen LogP contribution in [-0.4, -0.2) is 28.6 Å². The average Bonchev–Trinajstić information content (AvgIpc) is 2.92. The van der Waals surface area contributed by atoms with Crippen LogP contribution in [0.25, 0.3) is 0 Å². The van der Waals surface area contributed by atoms with Gasteiger partial charge in [0, 0.05) is 29.7 Å². The highest BCUT2D eigenvalue weighted by Gasteiger charge is 2.10. The third kappa shape index (κ3) is 12.0. The number of unbranched alkanes of at least 4 members (excludes halogenated alkanes) is 2. The molecule has 0 aliphatic carbocycles. The number of aromatic hydroxyl groups is 1. The van der Waals surface area contributed by atoms with Gasteiger partial charge in [-0.15, -0.1) is 0 Å². The maximum absolute atomic E-state index is 12.1. The van der Waals surface area contributed by atoms with Gasteiger partial charge in [0.1, 0.15) is 5.75 Å². The van der Waals surface area contributed by atoms with Crippen molar-refractivity contribution < 1.29 is 9.90 Å². The van der Waals surface area contributed by atoms with Crippen molar-refractivity contribution in [3.8, 4) is 5.75 Å². The minimum Gasteiger partial charge on any atom is -0.508 e. The lowest BCUT2D eigenvalue weighted by Crippen LogP contribution is -2.24. The van der Waals surface area contributed by atoms with Gasteiger partial charge in [-0.3, -0.25) is 4.79 Å². The number of phenolic OH excluding ortho intramolecular Hbond substituents is 1. The minimum atomic E-state index is 0.106. The Morgan fingerprint density at radius 1 is 0.750 bits per heavy atom. The highest BCUT2D eigenvalue weighted by Crippen LogP contribution is 2.27. The number of phenols is 1. The molecule has 0 heterocycles. The van der Waals surface area contributed by atoms with E-state index < -0.39 is 0 Å². The zero-order chi connectivity index (χ0) is 25.3. The van der Waals surface area contributed by atoms with E-state index in [9.17, 15) is 9.90 Å². The van der Waals surface area contributed by atoms with Gasteiger partial charge in [-0.2, -0.15) is 23.5 Å². The van der Waals surface area contributed by atoms with Crippen LogP contribution in [0.3, 0.4) is 0 Å². The Hall–Kier alpha value is -2.37. The number of thioether (sulfide) groups is 2. The van der Waals surface area contributed by atoms with Crippen molar-refractivity contribution in [1.29, 1.82) is 0 Å². The summed E-state index contributed by atoms with van der Waals surface area (Å²) in [6.45, 7) is 0.753. The standard InChI is InChI=1S/C31H39NO2S2/c33-29-18-15-26(16-19-29)17-20-31(34)32-22-9-3-8-14-30(36-25-28-12-6-2-7-13-28)21-23-35-24-27-10-4-1-5-11-27/h1-2,4-7,10-13,15-16,18-19,30,33H,3,8-9,14,17,20-25H2,(H,32,34). The van der Waals surface area contributed by atoms with Crippen molar-refractivity contribution in [2.75, 3.05) is 12.3 Å². The van der Waals surface area contributed by atoms with Crippen molar-refractivity contribution in [3.05, 3.63) is 102 Å². The highest BCUT2D eigenvalue weighted by molar-refractivity contribution is 7.99. The number of benzene rings is 3. The SMILES string of the molecule is O=C(CCc1ccc(O)cc1)NCCCCCC(CCSCc1ccccc1)SCc1ccccc1. The van der Waals surface area contributed by atoms with E-state index in [0.717, 1.165) is 36.5 Å². The third-order valence-corrected chi connectivity index (χ3v) is 8.63. The quantitative estimate of drug-likeness (QED) is 0.179. The molecule has 192 valence electrons. The summed E-state index contributed by atoms with van der Waals surface area (Å²) >= 11 is 4.13. The molecule has 0 aliphatic heterocycles. The minimum absolute atomic E-state index is 0.106. The number of rotatable bonds is 17. The lowest BCUT2D eigenvalue weighted by molar-refractivity contribution is -0.121. The van der Waals surface area contributed by atoms with E-state index >= 15 is 0 Å². The smallest absolute Gasteiger partial charge is 0.220 e. The molecule has 3 aromatic carbocycles. The van der Waals surface area contributed by atoms with Crippen LogP contribution in [0.15, 0.2) is 84.9 Å². The molecule has 0 fully saturated rings. The molecule has 0 spiro atoms. The fraction of sp³-hybridized carbons (Fsp3) is 0.387. The van der Waals surface area contributed by atoms with Crippen LogP contribution in [0.2, 0.25) is 0 Å². The molecule has 0 saturated carbocycles. The molecule has 0 saturated heterocycles. The predicted molar refractivity (Wildman–Crippen MR) is 157 cm³/mol. The lowest BCUT2D eigenvalue weighted by atomic mass is 10.1. The Morgan fingerprint density at radius 3 is 2.11 bits per heavy atom. The summed E-state index contributed by atoms with van der Waals surface area (Å²) in [4.78, 5) is 12.1. The molecule has 0 bridgehead atoms. The highest BCUT2D eigenvalue weighted by atomic mass is 32.2. The summed E-state index contributed by atoms with van der Waals surface area (Å²) < 4.78 is 0. The van der Waals surface area contributed by atoms with Crippen LogP contribution in [-0.2, 0) is 22.7 Å². The first-order valence-corrected chi connectivity index (χ1v) is 15.2. The monoisotopic (exact) mass is 521 g/mol. The molecule has 1 unspecified atom stereocenters. The maximum atomic E-state index is 12.1. The van der Waals surface area contributed by atoms with E-state index in [1.165, 1.54) is 36.1 Å². The molecule has 5 heteroatoms. The summed E-state index contributed by atoms with van der Waals surface area (Å²) in [5.41, 5.74) is 3.88. The van der Waals surface area contributed by atoms with Gasteiger partial charge in [0.05, 0.1) is 0 Å². The van der Waals surface area contributed by atoms with Gasteiger partial charge in [-0.25, -0.2) is 0 Å². The lowest BCUT2D eigenvalue weighted by Gasteiger charge is -2.17. The number of hydrogen-bond acceptors (Lipinski definition) is 4. The second kappa shape index (κ2) is 17.1. The van der Waals surface area contributed by atoms with Gasteiger partial charge in [-0.1, -0.05) is 85.6 Å². The molecule has 2 N–H and O–H groups in total. The molecule has 0 aromatic heterocycles. The van der Waals surface area contributed by atoms with Gasteiger partial charge < -0.3 is 10.4 Å². The maximum Gasteiger partial charge on any atom is 0.220 e. The van der Waals surface area contributed by atoms with E-state index in [4.69, 9.17) is 0 Å². The van der Waals surface area contributed by atoms with Gasteiger partial charge in [0.2, 0.25) is 5.91 Å². The van der Waals surface area contributed by atoms with Crippen molar-refractivity contribution in [2.45, 2.75) is 61.7 Å². The molecule has 1 atom stereocenters. The molecule has 0 aliphatic rings. The molecule has 3 aromatic rings. The van der Waals surface area contributed by atoms with Gasteiger partial charge in [0.25, 0.3) is 0 Å². The molecular formula is C31H39NO2S2. The molecule has 0 radical (unpaired) electrons. The third-order valence-electron chi connectivity index (χ3n) is 6.13. The topological polar surface area (TPSA) is 49.3 Å². The van der Waals surface area contributed by atoms with Crippen LogP contribution >= 0.6 is 23.5 Å². The summed E-state index contributed by atoms with van der Waals surface area (Å²) in [5, 5.41) is 13.1. The van der Waals surface area contributed by atoms with E-state index in [-0.39, 0.29) is 11.7 Å². The zero-order valence-corrected chi connectivity index (χ0v) is 22.7. The Balaban J connectivity index is 1.30. The van der Waals surface area contributed by atoms with Gasteiger partial charge >= 0.3 is 0 Å². The van der Waals surface area contributed by atoms with Crippen LogP contribution in [0, 0.1) is 0 Å². The van der Waals surface area contributed by atoms with E-state index in [1.54, 1.807) is 12.1 Å². The first-order chi connectivity index (χ1) is 17.7. The zero-order valence-electron chi connectivity index (χ0n) is 21.1. The number of carbonyl (C=O) groups excluding carboxylic acids is 1. The van der Waals surface area contributed by atoms with Crippen LogP contribution in [0.5, 0.6) is 5.75 Å². The molecule has 1 amide bonds. The van der Waals surface area contributed by atoms with E-state index in [0.29, 0.717) is 18.1 Å². The number of hydrogen-bond donors (Lipinski definition) is 2. The molecular weight excluding hydrogens is 482 g/mol. The van der Waals surface area contributed by atoms with Gasteiger partial charge in [-0.05, 0) is 60.3 Å². The summed E-state index contributed by atoms with van der Waals surface area (Å²) in [6.07, 6.45) is 7.06. The van der Waals surface area contributed by atoms with Crippen LogP contribution < -0.4 is 5.32 Å². The Morgan fingerprint density at radius 2 is 1.42 bits per heavy atom. The van der Waals surface area contributed by atoms with Gasteiger partial charge in [0.15, 0.2) is 0 Å². The number of amides is 1. The fourth-order valence-corrected chi connectivity index (χ4v) is 6.40. The first-order valence-electron chi connectivity index (χ1n) is 13.0. The summed E-state index contributed by atoms with van der Waals surface area (Å²) in [6, 6.07) is 28.6. The summed E-state index contributed by atoms with van der Waals surface area (Å²) in [5.74, 6) is 3.72. The van der Waals surface area contributed by atoms with Crippen LogP contribution in [0.1, 0.15) is 55.2 Å². The van der Waals surface area contributed by atoms with Crippen LogP contribution in [0.4, 0.5) is 0 Å². The van der Waals surface area contributed by atoms with Crippen molar-refractivity contribution in [2.24, 2.45) is 0 Å². The molecule has 3 nitrogen and oxygen atoms in total. The van der Waals surface area contributed by atoms with Crippen molar-refractivity contribution in [1.82, 2.24) is 5.32 Å². The Bertz CT molecular complexity index is 980. The largest absolute Gasteiger partial charge is 0.508 e. The Labute approximate surface area is 225 Å². The number of aryl methyl sites for hydroxylation is 1. The Kier molecular flexibility index (Phi) is 13.4. The van der Waals surface area contributed by atoms with Crippen molar-refractivity contribution >= 4 is 29.4 Å². The normalized spacial score (nSPS) is 11.8.